The highest BCUT2D eigenvalue weighted by molar-refractivity contribution is 5.85. The molecular weight excluding hydrogens is 196 g/mol. The molecule has 0 aromatic carbocycles. The van der Waals surface area contributed by atoms with Crippen molar-refractivity contribution in [3.63, 3.8) is 0 Å². The Balaban J connectivity index is 0.000000531. The number of fused-ring (bicyclic) bond motifs is 1. The van der Waals surface area contributed by atoms with Gasteiger partial charge in [0.05, 0.1) is 12.8 Å². The van der Waals surface area contributed by atoms with Gasteiger partial charge in [-0.2, -0.15) is 4.98 Å². The molecule has 0 atom stereocenters. The molecule has 0 fully saturated rings. The van der Waals surface area contributed by atoms with Crippen molar-refractivity contribution in [1.29, 1.82) is 0 Å². The summed E-state index contributed by atoms with van der Waals surface area (Å²) in [4.78, 5) is 17.4. The topological polar surface area (TPSA) is 75.2 Å². The number of hydrogen-bond donors (Lipinski definition) is 2. The van der Waals surface area contributed by atoms with Crippen molar-refractivity contribution in [2.45, 2.75) is 0 Å². The van der Waals surface area contributed by atoms with Crippen LogP contribution in [0.4, 0.5) is 0 Å². The number of nitrogens with zero attached hydrogens (tertiary/aromatic N) is 1. The Morgan fingerprint density at radius 3 is 2.80 bits per heavy atom. The lowest BCUT2D eigenvalue weighted by molar-refractivity contribution is 0.111. The van der Waals surface area contributed by atoms with E-state index in [1.54, 1.807) is 19.2 Å². The number of H-pyrrole nitrogens is 1. The second-order valence-corrected chi connectivity index (χ2v) is 2.63. The standard InChI is InChI=1S/C9H8N2O2.CH4O/c1-13-8-3-2-6-4-7(5-12)10-9(6)11-8;1-2/h2-5H,1H3,(H,10,11);2H,1H3. The van der Waals surface area contributed by atoms with Crippen molar-refractivity contribution in [2.24, 2.45) is 0 Å². The highest BCUT2D eigenvalue weighted by Gasteiger charge is 2.01. The average molecular weight is 208 g/mol. The van der Waals surface area contributed by atoms with Crippen LogP contribution in [0.15, 0.2) is 18.2 Å². The number of ether oxygens (including phenoxy) is 1. The van der Waals surface area contributed by atoms with E-state index in [9.17, 15) is 4.79 Å². The molecule has 2 aromatic rings. The fourth-order valence-electron chi connectivity index (χ4n) is 1.19. The zero-order chi connectivity index (χ0) is 11.3. The number of aromatic amines is 1. The molecule has 2 heterocycles. The number of aliphatic hydroxyl groups is 1. The largest absolute Gasteiger partial charge is 0.481 e. The number of carbonyl (C=O) groups is 1. The molecule has 0 saturated carbocycles. The summed E-state index contributed by atoms with van der Waals surface area (Å²) in [6.07, 6.45) is 0.758. The van der Waals surface area contributed by atoms with E-state index in [2.05, 4.69) is 9.97 Å². The first-order chi connectivity index (χ1) is 7.33. The number of carbonyl (C=O) groups excluding carboxylic acids is 1. The highest BCUT2D eigenvalue weighted by Crippen LogP contribution is 2.16. The van der Waals surface area contributed by atoms with Crippen LogP contribution >= 0.6 is 0 Å². The molecule has 5 nitrogen and oxygen atoms in total. The summed E-state index contributed by atoms with van der Waals surface area (Å²) in [5.41, 5.74) is 1.19. The minimum atomic E-state index is 0.524. The average Bonchev–Trinajstić information content (AvgIpc) is 2.73. The molecule has 0 aliphatic carbocycles. The smallest absolute Gasteiger partial charge is 0.214 e. The summed E-state index contributed by atoms with van der Waals surface area (Å²) in [7, 11) is 2.55. The highest BCUT2D eigenvalue weighted by atomic mass is 16.5. The Morgan fingerprint density at radius 1 is 1.47 bits per heavy atom. The summed E-state index contributed by atoms with van der Waals surface area (Å²) in [5, 5.41) is 7.91. The van der Waals surface area contributed by atoms with Gasteiger partial charge in [0.15, 0.2) is 6.29 Å². The summed E-state index contributed by atoms with van der Waals surface area (Å²) in [6.45, 7) is 0. The van der Waals surface area contributed by atoms with Gasteiger partial charge in [-0.05, 0) is 12.1 Å². The number of hydrogen-bond acceptors (Lipinski definition) is 4. The lowest BCUT2D eigenvalue weighted by Crippen LogP contribution is -1.86. The number of aliphatic hydroxyl groups excluding tert-OH is 1. The molecule has 0 unspecified atom stereocenters. The van der Waals surface area contributed by atoms with E-state index < -0.39 is 0 Å². The molecule has 0 aliphatic rings. The molecule has 0 aliphatic heterocycles. The Bertz CT molecular complexity index is 451. The van der Waals surface area contributed by atoms with Gasteiger partial charge in [0.2, 0.25) is 5.88 Å². The van der Waals surface area contributed by atoms with Crippen molar-refractivity contribution in [3.8, 4) is 5.88 Å². The molecular formula is C10H12N2O3. The molecule has 0 bridgehead atoms. The first kappa shape index (κ1) is 11.2. The van der Waals surface area contributed by atoms with Crippen molar-refractivity contribution < 1.29 is 14.6 Å². The van der Waals surface area contributed by atoms with Gasteiger partial charge in [-0.15, -0.1) is 0 Å². The molecule has 15 heavy (non-hydrogen) atoms. The van der Waals surface area contributed by atoms with Crippen LogP contribution < -0.4 is 4.74 Å². The van der Waals surface area contributed by atoms with Gasteiger partial charge in [-0.25, -0.2) is 0 Å². The van der Waals surface area contributed by atoms with Crippen molar-refractivity contribution in [3.05, 3.63) is 23.9 Å². The lowest BCUT2D eigenvalue weighted by Gasteiger charge is -1.96. The number of aromatic nitrogens is 2. The SMILES string of the molecule is CO.COc1ccc2cc(C=O)[nH]c2n1. The van der Waals surface area contributed by atoms with Gasteiger partial charge < -0.3 is 14.8 Å². The predicted molar refractivity (Wildman–Crippen MR) is 56.2 cm³/mol. The van der Waals surface area contributed by atoms with E-state index in [1.165, 1.54) is 0 Å². The zero-order valence-electron chi connectivity index (χ0n) is 8.52. The summed E-state index contributed by atoms with van der Waals surface area (Å²) in [6, 6.07) is 5.35. The summed E-state index contributed by atoms with van der Waals surface area (Å²) in [5.74, 6) is 0.534. The molecule has 2 aromatic heterocycles. The van der Waals surface area contributed by atoms with E-state index in [1.807, 2.05) is 6.07 Å². The second kappa shape index (κ2) is 5.11. The predicted octanol–water partition coefficient (Wildman–Crippen LogP) is 0.992. The van der Waals surface area contributed by atoms with Crippen molar-refractivity contribution >= 4 is 17.3 Å². The molecule has 0 spiro atoms. The van der Waals surface area contributed by atoms with E-state index >= 15 is 0 Å². The van der Waals surface area contributed by atoms with Crippen LogP contribution in [0.25, 0.3) is 11.0 Å². The molecule has 80 valence electrons. The number of nitrogens with one attached hydrogen (secondary N) is 1. The van der Waals surface area contributed by atoms with Gasteiger partial charge in [-0.1, -0.05) is 0 Å². The summed E-state index contributed by atoms with van der Waals surface area (Å²) < 4.78 is 4.95. The molecule has 2 rings (SSSR count). The third-order valence-electron chi connectivity index (χ3n) is 1.81. The van der Waals surface area contributed by atoms with Crippen LogP contribution in [0.1, 0.15) is 10.5 Å². The summed E-state index contributed by atoms with van der Waals surface area (Å²) >= 11 is 0. The van der Waals surface area contributed by atoms with E-state index in [4.69, 9.17) is 9.84 Å². The molecule has 5 heteroatoms. The van der Waals surface area contributed by atoms with Crippen molar-refractivity contribution in [2.75, 3.05) is 14.2 Å². The lowest BCUT2D eigenvalue weighted by atomic mass is 10.3. The van der Waals surface area contributed by atoms with Gasteiger partial charge in [0.1, 0.15) is 5.65 Å². The van der Waals surface area contributed by atoms with Gasteiger partial charge in [0, 0.05) is 18.6 Å². The van der Waals surface area contributed by atoms with Crippen molar-refractivity contribution in [1.82, 2.24) is 9.97 Å². The first-order valence-corrected chi connectivity index (χ1v) is 4.27. The van der Waals surface area contributed by atoms with E-state index in [0.717, 1.165) is 18.8 Å². The Kier molecular flexibility index (Phi) is 3.82. The Morgan fingerprint density at radius 2 is 2.20 bits per heavy atom. The number of methoxy groups -OCH3 is 1. The number of rotatable bonds is 2. The van der Waals surface area contributed by atoms with E-state index in [0.29, 0.717) is 17.2 Å². The zero-order valence-corrected chi connectivity index (χ0v) is 8.52. The van der Waals surface area contributed by atoms with Gasteiger partial charge >= 0.3 is 0 Å². The minimum Gasteiger partial charge on any atom is -0.481 e. The third kappa shape index (κ3) is 2.32. The number of pyridine rings is 1. The Hall–Kier alpha value is -1.88. The maximum absolute atomic E-state index is 10.4. The fraction of sp³-hybridized carbons (Fsp3) is 0.200. The normalized spacial score (nSPS) is 9.27. The monoisotopic (exact) mass is 208 g/mol. The van der Waals surface area contributed by atoms with Crippen LogP contribution in [0.2, 0.25) is 0 Å². The van der Waals surface area contributed by atoms with E-state index in [-0.39, 0.29) is 0 Å². The van der Waals surface area contributed by atoms with Crippen LogP contribution in [-0.2, 0) is 0 Å². The fourth-order valence-corrected chi connectivity index (χ4v) is 1.19. The second-order valence-electron chi connectivity index (χ2n) is 2.63. The molecule has 0 amide bonds. The first-order valence-electron chi connectivity index (χ1n) is 4.27. The molecule has 2 N–H and O–H groups in total. The number of aldehydes is 1. The van der Waals surface area contributed by atoms with Crippen LogP contribution in [-0.4, -0.2) is 35.6 Å². The van der Waals surface area contributed by atoms with Gasteiger partial charge in [0.25, 0.3) is 0 Å². The maximum atomic E-state index is 10.4. The maximum Gasteiger partial charge on any atom is 0.214 e. The van der Waals surface area contributed by atoms with Gasteiger partial charge in [-0.3, -0.25) is 4.79 Å². The third-order valence-corrected chi connectivity index (χ3v) is 1.81. The Labute approximate surface area is 86.7 Å². The van der Waals surface area contributed by atoms with Crippen LogP contribution in [0.5, 0.6) is 5.88 Å². The van der Waals surface area contributed by atoms with Crippen LogP contribution in [0.3, 0.4) is 0 Å². The molecule has 0 radical (unpaired) electrons. The minimum absolute atomic E-state index is 0.524. The quantitative estimate of drug-likeness (QED) is 0.722. The molecule has 0 saturated heterocycles. The van der Waals surface area contributed by atoms with Crippen LogP contribution in [0, 0.1) is 0 Å².